The Balaban J connectivity index is 3.61. The highest BCUT2D eigenvalue weighted by molar-refractivity contribution is 4.67. The van der Waals surface area contributed by atoms with Crippen molar-refractivity contribution in [1.29, 1.82) is 0 Å². The Bertz CT molecular complexity index is 117. The molecule has 3 heteroatoms. The molecule has 0 aliphatic heterocycles. The molecule has 0 amide bonds. The van der Waals surface area contributed by atoms with E-state index < -0.39 is 0 Å². The third-order valence-corrected chi connectivity index (χ3v) is 2.41. The summed E-state index contributed by atoms with van der Waals surface area (Å²) >= 11 is 0. The van der Waals surface area contributed by atoms with E-state index in [0.717, 1.165) is 6.42 Å². The normalized spacial score (nSPS) is 18.2. The fourth-order valence-electron chi connectivity index (χ4n) is 1.16. The van der Waals surface area contributed by atoms with Crippen LogP contribution in [-0.2, 0) is 9.47 Å². The van der Waals surface area contributed by atoms with Crippen molar-refractivity contribution in [3.63, 3.8) is 0 Å². The molecule has 0 spiro atoms. The molecule has 80 valence electrons. The summed E-state index contributed by atoms with van der Waals surface area (Å²) in [6.07, 6.45) is 1.43. The molecule has 0 saturated heterocycles. The number of rotatable bonds is 7. The zero-order valence-corrected chi connectivity index (χ0v) is 9.12. The van der Waals surface area contributed by atoms with Gasteiger partial charge in [-0.3, -0.25) is 0 Å². The van der Waals surface area contributed by atoms with Gasteiger partial charge in [-0.05, 0) is 25.7 Å². The fourth-order valence-corrected chi connectivity index (χ4v) is 1.16. The van der Waals surface area contributed by atoms with Crippen LogP contribution in [0.5, 0.6) is 0 Å². The smallest absolute Gasteiger partial charge is 0.0591 e. The van der Waals surface area contributed by atoms with Crippen molar-refractivity contribution in [3.8, 4) is 0 Å². The summed E-state index contributed by atoms with van der Waals surface area (Å²) in [5.41, 5.74) is 0. The van der Waals surface area contributed by atoms with Gasteiger partial charge in [-0.15, -0.1) is 0 Å². The minimum atomic E-state index is -0.287. The molecule has 0 radical (unpaired) electrons. The van der Waals surface area contributed by atoms with E-state index in [1.165, 1.54) is 0 Å². The lowest BCUT2D eigenvalue weighted by Gasteiger charge is -2.21. The lowest BCUT2D eigenvalue weighted by atomic mass is 9.97. The van der Waals surface area contributed by atoms with Gasteiger partial charge >= 0.3 is 0 Å². The maximum atomic E-state index is 9.71. The van der Waals surface area contributed by atoms with Gasteiger partial charge in [0.05, 0.1) is 12.2 Å². The first-order chi connectivity index (χ1) is 6.11. The lowest BCUT2D eigenvalue weighted by molar-refractivity contribution is 0.0243. The van der Waals surface area contributed by atoms with Crippen molar-refractivity contribution in [3.05, 3.63) is 0 Å². The fraction of sp³-hybridized carbons (Fsp3) is 1.00. The number of methoxy groups -OCH3 is 2. The predicted molar refractivity (Wildman–Crippen MR) is 52.8 cm³/mol. The molecule has 0 aliphatic carbocycles. The van der Waals surface area contributed by atoms with Crippen molar-refractivity contribution in [2.24, 2.45) is 5.92 Å². The number of hydrogen-bond acceptors (Lipinski definition) is 3. The first-order valence-electron chi connectivity index (χ1n) is 4.81. The van der Waals surface area contributed by atoms with Gasteiger partial charge < -0.3 is 14.6 Å². The van der Waals surface area contributed by atoms with E-state index in [1.807, 2.05) is 13.8 Å². The third-order valence-electron chi connectivity index (χ3n) is 2.41. The number of aliphatic hydroxyl groups excluding tert-OH is 1. The van der Waals surface area contributed by atoms with Crippen molar-refractivity contribution in [1.82, 2.24) is 0 Å². The molecule has 13 heavy (non-hydrogen) atoms. The summed E-state index contributed by atoms with van der Waals surface area (Å²) in [4.78, 5) is 0. The zero-order valence-electron chi connectivity index (χ0n) is 9.12. The molecule has 0 aromatic carbocycles. The maximum absolute atomic E-state index is 9.71. The van der Waals surface area contributed by atoms with Crippen molar-refractivity contribution in [2.75, 3.05) is 20.8 Å². The Hall–Kier alpha value is -0.120. The van der Waals surface area contributed by atoms with Crippen molar-refractivity contribution < 1.29 is 14.6 Å². The van der Waals surface area contributed by atoms with Crippen LogP contribution in [0.15, 0.2) is 0 Å². The van der Waals surface area contributed by atoms with Gasteiger partial charge in [0.2, 0.25) is 0 Å². The number of aliphatic hydroxyl groups is 1. The van der Waals surface area contributed by atoms with Crippen LogP contribution >= 0.6 is 0 Å². The molecule has 3 unspecified atom stereocenters. The molecule has 0 aromatic rings. The standard InChI is InChI=1S/C10H22O3/c1-8(5-6-12-3)10(11)7-9(2)13-4/h8-11H,5-7H2,1-4H3. The minimum absolute atomic E-state index is 0.125. The van der Waals surface area contributed by atoms with E-state index in [2.05, 4.69) is 0 Å². The van der Waals surface area contributed by atoms with Crippen LogP contribution in [0.4, 0.5) is 0 Å². The molecule has 0 bridgehead atoms. The SMILES string of the molecule is COCCC(C)C(O)CC(C)OC. The van der Waals surface area contributed by atoms with Gasteiger partial charge in [0, 0.05) is 20.8 Å². The molecule has 3 atom stereocenters. The van der Waals surface area contributed by atoms with Crippen LogP contribution in [0, 0.1) is 5.92 Å². The topological polar surface area (TPSA) is 38.7 Å². The van der Waals surface area contributed by atoms with Gasteiger partial charge in [0.1, 0.15) is 0 Å². The minimum Gasteiger partial charge on any atom is -0.393 e. The Labute approximate surface area is 81.0 Å². The Morgan fingerprint density at radius 2 is 1.85 bits per heavy atom. The second kappa shape index (κ2) is 7.30. The summed E-state index contributed by atoms with van der Waals surface area (Å²) < 4.78 is 10.0. The summed E-state index contributed by atoms with van der Waals surface area (Å²) in [5.74, 6) is 0.276. The van der Waals surface area contributed by atoms with Gasteiger partial charge in [-0.25, -0.2) is 0 Å². The van der Waals surface area contributed by atoms with Crippen LogP contribution in [0.2, 0.25) is 0 Å². The van der Waals surface area contributed by atoms with E-state index in [4.69, 9.17) is 9.47 Å². The molecule has 1 N–H and O–H groups in total. The quantitative estimate of drug-likeness (QED) is 0.660. The Morgan fingerprint density at radius 3 is 2.31 bits per heavy atom. The monoisotopic (exact) mass is 190 g/mol. The predicted octanol–water partition coefficient (Wildman–Crippen LogP) is 1.44. The molecule has 3 nitrogen and oxygen atoms in total. The second-order valence-electron chi connectivity index (χ2n) is 3.61. The van der Waals surface area contributed by atoms with Crippen LogP contribution < -0.4 is 0 Å². The lowest BCUT2D eigenvalue weighted by Crippen LogP contribution is -2.24. The largest absolute Gasteiger partial charge is 0.393 e. The average molecular weight is 190 g/mol. The van der Waals surface area contributed by atoms with E-state index in [9.17, 15) is 5.11 Å². The summed E-state index contributed by atoms with van der Waals surface area (Å²) in [7, 11) is 3.34. The molecule has 0 aliphatic rings. The first-order valence-corrected chi connectivity index (χ1v) is 4.81. The van der Waals surface area contributed by atoms with Gasteiger partial charge in [0.25, 0.3) is 0 Å². The summed E-state index contributed by atoms with van der Waals surface area (Å²) in [5, 5.41) is 9.71. The molecule has 0 fully saturated rings. The average Bonchev–Trinajstić information content (AvgIpc) is 2.13. The van der Waals surface area contributed by atoms with Gasteiger partial charge in [-0.2, -0.15) is 0 Å². The van der Waals surface area contributed by atoms with Crippen LogP contribution in [-0.4, -0.2) is 38.1 Å². The van der Waals surface area contributed by atoms with E-state index >= 15 is 0 Å². The highest BCUT2D eigenvalue weighted by Crippen LogP contribution is 2.14. The van der Waals surface area contributed by atoms with E-state index in [-0.39, 0.29) is 18.1 Å². The Morgan fingerprint density at radius 1 is 1.23 bits per heavy atom. The van der Waals surface area contributed by atoms with Crippen LogP contribution in [0.25, 0.3) is 0 Å². The third kappa shape index (κ3) is 6.02. The van der Waals surface area contributed by atoms with Gasteiger partial charge in [0.15, 0.2) is 0 Å². The van der Waals surface area contributed by atoms with Crippen LogP contribution in [0.1, 0.15) is 26.7 Å². The second-order valence-corrected chi connectivity index (χ2v) is 3.61. The molecule has 0 saturated carbocycles. The number of ether oxygens (including phenoxy) is 2. The summed E-state index contributed by atoms with van der Waals surface area (Å²) in [6.45, 7) is 4.71. The highest BCUT2D eigenvalue weighted by atomic mass is 16.5. The van der Waals surface area contributed by atoms with Crippen molar-refractivity contribution >= 4 is 0 Å². The molecular weight excluding hydrogens is 168 g/mol. The van der Waals surface area contributed by atoms with Crippen molar-refractivity contribution in [2.45, 2.75) is 38.9 Å². The molecule has 0 aromatic heterocycles. The number of hydrogen-bond donors (Lipinski definition) is 1. The first kappa shape index (κ1) is 12.9. The molecule has 0 rings (SSSR count). The molecule has 0 heterocycles. The Kier molecular flexibility index (Phi) is 7.23. The molecular formula is C10H22O3. The van der Waals surface area contributed by atoms with Gasteiger partial charge in [-0.1, -0.05) is 6.92 Å². The zero-order chi connectivity index (χ0) is 10.3. The van der Waals surface area contributed by atoms with E-state index in [0.29, 0.717) is 13.0 Å². The van der Waals surface area contributed by atoms with E-state index in [1.54, 1.807) is 14.2 Å². The highest BCUT2D eigenvalue weighted by Gasteiger charge is 2.16. The van der Waals surface area contributed by atoms with Crippen LogP contribution in [0.3, 0.4) is 0 Å². The maximum Gasteiger partial charge on any atom is 0.0591 e. The summed E-state index contributed by atoms with van der Waals surface area (Å²) in [6, 6.07) is 0.